The third-order valence-corrected chi connectivity index (χ3v) is 2.61. The zero-order valence-corrected chi connectivity index (χ0v) is 9.13. The lowest BCUT2D eigenvalue weighted by Gasteiger charge is -2.08. The van der Waals surface area contributed by atoms with Crippen molar-refractivity contribution >= 4 is 11.9 Å². The summed E-state index contributed by atoms with van der Waals surface area (Å²) < 4.78 is 4.86. The second-order valence-corrected chi connectivity index (χ2v) is 3.87. The van der Waals surface area contributed by atoms with Crippen LogP contribution < -0.4 is 5.32 Å². The number of hydrogen-bond acceptors (Lipinski definition) is 4. The number of aliphatic hydroxyl groups excluding tert-OH is 1. The van der Waals surface area contributed by atoms with Crippen LogP contribution in [0.1, 0.15) is 16.8 Å². The van der Waals surface area contributed by atoms with Crippen LogP contribution in [0.15, 0.2) is 30.3 Å². The number of amides is 1. The summed E-state index contributed by atoms with van der Waals surface area (Å²) in [6.45, 7) is -0.219. The Hall–Kier alpha value is -1.88. The molecule has 1 aromatic rings. The van der Waals surface area contributed by atoms with Crippen molar-refractivity contribution < 1.29 is 19.4 Å². The van der Waals surface area contributed by atoms with Crippen molar-refractivity contribution in [2.24, 2.45) is 0 Å². The monoisotopic (exact) mass is 235 g/mol. The van der Waals surface area contributed by atoms with Gasteiger partial charge < -0.3 is 15.2 Å². The Morgan fingerprint density at radius 2 is 2.12 bits per heavy atom. The highest BCUT2D eigenvalue weighted by Gasteiger charge is 2.35. The third kappa shape index (κ3) is 2.62. The van der Waals surface area contributed by atoms with Gasteiger partial charge in [-0.1, -0.05) is 18.2 Å². The largest absolute Gasteiger partial charge is 0.458 e. The Balaban J connectivity index is 1.98. The molecule has 2 unspecified atom stereocenters. The summed E-state index contributed by atoms with van der Waals surface area (Å²) in [6, 6.07) is 7.97. The minimum atomic E-state index is -0.667. The van der Waals surface area contributed by atoms with Gasteiger partial charge in [0.05, 0.1) is 6.61 Å². The molecule has 1 heterocycles. The number of ether oxygens (including phenoxy) is 1. The highest BCUT2D eigenvalue weighted by atomic mass is 16.6. The molecular weight excluding hydrogens is 222 g/mol. The van der Waals surface area contributed by atoms with Gasteiger partial charge in [0.1, 0.15) is 12.1 Å². The first-order chi connectivity index (χ1) is 8.20. The molecule has 0 bridgehead atoms. The summed E-state index contributed by atoms with van der Waals surface area (Å²) in [5.41, 5.74) is 0.493. The summed E-state index contributed by atoms with van der Waals surface area (Å²) in [4.78, 5) is 23.1. The highest BCUT2D eigenvalue weighted by Crippen LogP contribution is 2.14. The lowest BCUT2D eigenvalue weighted by molar-refractivity contribution is -0.143. The van der Waals surface area contributed by atoms with Crippen LogP contribution in [0.25, 0.3) is 0 Å². The van der Waals surface area contributed by atoms with E-state index in [9.17, 15) is 9.59 Å². The lowest BCUT2D eigenvalue weighted by atomic mass is 10.1. The third-order valence-electron chi connectivity index (χ3n) is 2.61. The molecule has 0 spiro atoms. The van der Waals surface area contributed by atoms with Crippen LogP contribution in [0, 0.1) is 0 Å². The van der Waals surface area contributed by atoms with Crippen LogP contribution in [0.3, 0.4) is 0 Å². The number of aliphatic hydroxyl groups is 1. The zero-order chi connectivity index (χ0) is 12.3. The molecule has 90 valence electrons. The van der Waals surface area contributed by atoms with E-state index in [0.29, 0.717) is 12.0 Å². The van der Waals surface area contributed by atoms with Crippen molar-refractivity contribution in [1.29, 1.82) is 0 Å². The number of rotatable bonds is 3. The number of hydrogen-bond donors (Lipinski definition) is 2. The predicted octanol–water partition coefficient (Wildman–Crippen LogP) is 0.0928. The fourth-order valence-electron chi connectivity index (χ4n) is 1.71. The highest BCUT2D eigenvalue weighted by molar-refractivity contribution is 5.97. The predicted molar refractivity (Wildman–Crippen MR) is 59.3 cm³/mol. The van der Waals surface area contributed by atoms with Gasteiger partial charge in [0, 0.05) is 12.0 Å². The van der Waals surface area contributed by atoms with Crippen molar-refractivity contribution in [1.82, 2.24) is 5.32 Å². The van der Waals surface area contributed by atoms with Gasteiger partial charge in [0.15, 0.2) is 0 Å². The maximum Gasteiger partial charge on any atom is 0.329 e. The van der Waals surface area contributed by atoms with Crippen molar-refractivity contribution in [2.45, 2.75) is 18.6 Å². The summed E-state index contributed by atoms with van der Waals surface area (Å²) in [5, 5.41) is 11.4. The van der Waals surface area contributed by atoms with Crippen molar-refractivity contribution in [3.8, 4) is 0 Å². The topological polar surface area (TPSA) is 75.6 Å². The van der Waals surface area contributed by atoms with E-state index in [4.69, 9.17) is 9.84 Å². The number of nitrogens with one attached hydrogen (secondary N) is 1. The first-order valence-electron chi connectivity index (χ1n) is 5.38. The van der Waals surface area contributed by atoms with E-state index in [1.54, 1.807) is 24.3 Å². The van der Waals surface area contributed by atoms with Gasteiger partial charge in [-0.15, -0.1) is 0 Å². The Morgan fingerprint density at radius 1 is 1.41 bits per heavy atom. The maximum absolute atomic E-state index is 11.8. The second-order valence-electron chi connectivity index (χ2n) is 3.87. The molecule has 2 N–H and O–H groups in total. The summed E-state index contributed by atoms with van der Waals surface area (Å²) in [6.07, 6.45) is -0.197. The molecule has 1 aliphatic rings. The normalized spacial score (nSPS) is 23.2. The van der Waals surface area contributed by atoms with E-state index in [-0.39, 0.29) is 12.5 Å². The van der Waals surface area contributed by atoms with Gasteiger partial charge in [0.2, 0.25) is 0 Å². The molecule has 17 heavy (non-hydrogen) atoms. The Labute approximate surface area is 98.4 Å². The molecule has 2 rings (SSSR count). The van der Waals surface area contributed by atoms with Crippen LogP contribution in [-0.4, -0.2) is 35.7 Å². The van der Waals surface area contributed by atoms with E-state index in [2.05, 4.69) is 5.32 Å². The molecule has 0 saturated carbocycles. The number of carbonyl (C=O) groups is 2. The number of esters is 1. The van der Waals surface area contributed by atoms with Crippen LogP contribution in [-0.2, 0) is 9.53 Å². The van der Waals surface area contributed by atoms with E-state index >= 15 is 0 Å². The number of carbonyl (C=O) groups excluding carboxylic acids is 2. The molecule has 2 atom stereocenters. The van der Waals surface area contributed by atoms with Gasteiger partial charge in [-0.3, -0.25) is 4.79 Å². The zero-order valence-electron chi connectivity index (χ0n) is 9.13. The van der Waals surface area contributed by atoms with Crippen molar-refractivity contribution in [3.63, 3.8) is 0 Å². The molecule has 1 aromatic carbocycles. The maximum atomic E-state index is 11.8. The van der Waals surface area contributed by atoms with Crippen molar-refractivity contribution in [2.75, 3.05) is 6.61 Å². The van der Waals surface area contributed by atoms with Gasteiger partial charge >= 0.3 is 5.97 Å². The van der Waals surface area contributed by atoms with Gasteiger partial charge in [-0.05, 0) is 12.1 Å². The fourth-order valence-corrected chi connectivity index (χ4v) is 1.71. The average molecular weight is 235 g/mol. The molecule has 0 aromatic heterocycles. The summed E-state index contributed by atoms with van der Waals surface area (Å²) >= 11 is 0. The number of cyclic esters (lactones) is 1. The second kappa shape index (κ2) is 4.97. The number of benzene rings is 1. The van der Waals surface area contributed by atoms with Crippen molar-refractivity contribution in [3.05, 3.63) is 35.9 Å². The van der Waals surface area contributed by atoms with E-state index < -0.39 is 18.1 Å². The minimum absolute atomic E-state index is 0.219. The van der Waals surface area contributed by atoms with Gasteiger partial charge in [-0.25, -0.2) is 4.79 Å². The first kappa shape index (κ1) is 11.6. The molecule has 1 amide bonds. The Morgan fingerprint density at radius 3 is 2.71 bits per heavy atom. The fraction of sp³-hybridized carbons (Fsp3) is 0.333. The standard InChI is InChI=1S/C12H13NO4/c14-7-9-6-10(12(16)17-9)13-11(15)8-4-2-1-3-5-8/h1-5,9-10,14H,6-7H2,(H,13,15). The summed E-state index contributed by atoms with van der Waals surface area (Å²) in [5.74, 6) is -0.806. The Bertz CT molecular complexity index is 418. The van der Waals surface area contributed by atoms with E-state index in [1.807, 2.05) is 6.07 Å². The minimum Gasteiger partial charge on any atom is -0.458 e. The van der Waals surface area contributed by atoms with Crippen LogP contribution in [0.4, 0.5) is 0 Å². The van der Waals surface area contributed by atoms with Crippen LogP contribution in [0.2, 0.25) is 0 Å². The lowest BCUT2D eigenvalue weighted by Crippen LogP contribution is -2.38. The molecule has 0 aliphatic carbocycles. The smallest absolute Gasteiger partial charge is 0.329 e. The summed E-state index contributed by atoms with van der Waals surface area (Å²) in [7, 11) is 0. The molecular formula is C12H13NO4. The first-order valence-corrected chi connectivity index (χ1v) is 5.38. The molecule has 1 saturated heterocycles. The molecule has 5 heteroatoms. The molecule has 0 radical (unpaired) electrons. The average Bonchev–Trinajstić information content (AvgIpc) is 2.71. The van der Waals surface area contributed by atoms with Gasteiger partial charge in [-0.2, -0.15) is 0 Å². The van der Waals surface area contributed by atoms with Gasteiger partial charge in [0.25, 0.3) is 5.91 Å². The van der Waals surface area contributed by atoms with E-state index in [1.165, 1.54) is 0 Å². The molecule has 5 nitrogen and oxygen atoms in total. The Kier molecular flexibility index (Phi) is 3.39. The molecule has 1 fully saturated rings. The molecule has 1 aliphatic heterocycles. The van der Waals surface area contributed by atoms with Crippen LogP contribution in [0.5, 0.6) is 0 Å². The quantitative estimate of drug-likeness (QED) is 0.728. The SMILES string of the molecule is O=C(NC1CC(CO)OC1=O)c1ccccc1. The van der Waals surface area contributed by atoms with Crippen LogP contribution >= 0.6 is 0 Å². The van der Waals surface area contributed by atoms with E-state index in [0.717, 1.165) is 0 Å².